The summed E-state index contributed by atoms with van der Waals surface area (Å²) in [6.07, 6.45) is -4.96. The molecule has 1 fully saturated rings. The fourth-order valence-electron chi connectivity index (χ4n) is 3.09. The van der Waals surface area contributed by atoms with Crippen molar-refractivity contribution in [3.05, 3.63) is 11.4 Å². The summed E-state index contributed by atoms with van der Waals surface area (Å²) in [6.45, 7) is 6.31. The minimum absolute atomic E-state index is 0.0193. The largest absolute Gasteiger partial charge is 0.463 e. The Morgan fingerprint density at radius 1 is 0.914 bits per heavy atom. The minimum Gasteiger partial charge on any atom is -0.463 e. The minimum atomic E-state index is -1.34. The van der Waals surface area contributed by atoms with Crippen LogP contribution in [0.15, 0.2) is 0 Å². The second kappa shape index (κ2) is 12.5. The number of aromatic nitrogens is 3. The van der Waals surface area contributed by atoms with Crippen molar-refractivity contribution < 1.29 is 52.4 Å². The van der Waals surface area contributed by atoms with E-state index < -0.39 is 54.4 Å². The van der Waals surface area contributed by atoms with Crippen LogP contribution < -0.4 is 0 Å². The van der Waals surface area contributed by atoms with Crippen LogP contribution in [0, 0.1) is 11.8 Å². The third-order valence-corrected chi connectivity index (χ3v) is 4.30. The van der Waals surface area contributed by atoms with Gasteiger partial charge in [0.1, 0.15) is 18.4 Å². The lowest BCUT2D eigenvalue weighted by molar-refractivity contribution is -0.166. The predicted molar refractivity (Wildman–Crippen MR) is 111 cm³/mol. The number of rotatable bonds is 8. The molecule has 1 aromatic heterocycles. The van der Waals surface area contributed by atoms with E-state index in [4.69, 9.17) is 28.4 Å². The van der Waals surface area contributed by atoms with Crippen molar-refractivity contribution in [2.75, 3.05) is 19.8 Å². The lowest BCUT2D eigenvalue weighted by Crippen LogP contribution is -2.40. The molecule has 1 aliphatic rings. The van der Waals surface area contributed by atoms with Crippen LogP contribution in [0.5, 0.6) is 0 Å². The second-order valence-corrected chi connectivity index (χ2v) is 6.94. The maximum absolute atomic E-state index is 12.4. The Hall–Kier alpha value is -3.99. The van der Waals surface area contributed by atoms with Gasteiger partial charge in [-0.2, -0.15) is 0 Å². The number of carbonyl (C=O) groups excluding carboxylic acids is 5. The van der Waals surface area contributed by atoms with Gasteiger partial charge in [0.2, 0.25) is 5.69 Å². The smallest absolute Gasteiger partial charge is 0.384 e. The summed E-state index contributed by atoms with van der Waals surface area (Å²) in [5, 5.41) is 7.65. The molecule has 4 atom stereocenters. The fraction of sp³-hybridized carbons (Fsp3) is 0.571. The van der Waals surface area contributed by atoms with E-state index in [1.165, 1.54) is 6.92 Å². The quantitative estimate of drug-likeness (QED) is 0.261. The molecule has 1 aliphatic heterocycles. The van der Waals surface area contributed by atoms with Gasteiger partial charge in [-0.1, -0.05) is 5.21 Å². The van der Waals surface area contributed by atoms with Gasteiger partial charge < -0.3 is 28.4 Å². The van der Waals surface area contributed by atoms with Gasteiger partial charge >= 0.3 is 29.8 Å². The first-order valence-electron chi connectivity index (χ1n) is 10.5. The molecule has 1 aromatic rings. The van der Waals surface area contributed by atoms with Crippen molar-refractivity contribution in [3.8, 4) is 11.8 Å². The normalized spacial score (nSPS) is 20.7. The predicted octanol–water partition coefficient (Wildman–Crippen LogP) is -0.307. The first-order chi connectivity index (χ1) is 16.6. The highest BCUT2D eigenvalue weighted by molar-refractivity contribution is 5.92. The highest BCUT2D eigenvalue weighted by atomic mass is 16.7. The maximum Gasteiger partial charge on any atom is 0.384 e. The van der Waals surface area contributed by atoms with E-state index in [0.29, 0.717) is 0 Å². The SMILES string of the molecule is CCOC(=O)C#Cc1c(C(=O)OCC)nnn1[C@@H]1O[C@H](COC(C)=O)[C@H](OC(C)=O)[C@H]1OC(C)=O. The van der Waals surface area contributed by atoms with E-state index in [2.05, 4.69) is 22.2 Å². The Labute approximate surface area is 200 Å². The molecule has 2 rings (SSSR count). The molecule has 0 unspecified atom stereocenters. The molecule has 0 spiro atoms. The zero-order chi connectivity index (χ0) is 26.1. The Balaban J connectivity index is 2.58. The third-order valence-electron chi connectivity index (χ3n) is 4.30. The van der Waals surface area contributed by atoms with Gasteiger partial charge in [0, 0.05) is 26.7 Å². The van der Waals surface area contributed by atoms with Crippen molar-refractivity contribution in [2.45, 2.75) is 59.2 Å². The molecule has 1 saturated heterocycles. The van der Waals surface area contributed by atoms with Crippen LogP contribution in [-0.4, -0.2) is 83.0 Å². The Morgan fingerprint density at radius 3 is 2.11 bits per heavy atom. The molecule has 0 N–H and O–H groups in total. The molecule has 190 valence electrons. The van der Waals surface area contributed by atoms with Crippen molar-refractivity contribution in [1.82, 2.24) is 15.0 Å². The van der Waals surface area contributed by atoms with Crippen molar-refractivity contribution in [2.24, 2.45) is 0 Å². The van der Waals surface area contributed by atoms with Gasteiger partial charge in [-0.25, -0.2) is 14.3 Å². The van der Waals surface area contributed by atoms with Crippen LogP contribution in [0.25, 0.3) is 0 Å². The summed E-state index contributed by atoms with van der Waals surface area (Å²) in [6, 6.07) is 0. The Kier molecular flexibility index (Phi) is 9.71. The second-order valence-electron chi connectivity index (χ2n) is 6.94. The third kappa shape index (κ3) is 7.24. The Morgan fingerprint density at radius 2 is 1.54 bits per heavy atom. The van der Waals surface area contributed by atoms with E-state index in [9.17, 15) is 24.0 Å². The topological polar surface area (TPSA) is 171 Å². The van der Waals surface area contributed by atoms with E-state index in [-0.39, 0.29) is 31.2 Å². The molecule has 2 heterocycles. The summed E-state index contributed by atoms with van der Waals surface area (Å²) in [7, 11) is 0. The van der Waals surface area contributed by atoms with Crippen LogP contribution in [-0.2, 0) is 47.6 Å². The van der Waals surface area contributed by atoms with E-state index in [1.807, 2.05) is 0 Å². The van der Waals surface area contributed by atoms with Crippen LogP contribution in [0.1, 0.15) is 57.0 Å². The number of nitrogens with zero attached hydrogens (tertiary/aromatic N) is 3. The first kappa shape index (κ1) is 27.3. The summed E-state index contributed by atoms with van der Waals surface area (Å²) in [5.41, 5.74) is -0.560. The summed E-state index contributed by atoms with van der Waals surface area (Å²) >= 11 is 0. The highest BCUT2D eigenvalue weighted by Crippen LogP contribution is 2.35. The van der Waals surface area contributed by atoms with Gasteiger partial charge in [-0.15, -0.1) is 5.10 Å². The standard InChI is InChI=1S/C21H25N3O11/c1-6-30-16(28)9-8-14-17(21(29)31-7-2)22-23-24(14)20-19(34-13(5)27)18(33-12(4)26)15(35-20)10-32-11(3)25/h15,18-20H,6-7,10H2,1-5H3/t15-,18+,19-,20-/m1/s1. The van der Waals surface area contributed by atoms with Gasteiger partial charge in [0.15, 0.2) is 18.4 Å². The molecule has 35 heavy (non-hydrogen) atoms. The number of carbonyl (C=O) groups is 5. The molecule has 0 saturated carbocycles. The number of hydrogen-bond donors (Lipinski definition) is 0. The van der Waals surface area contributed by atoms with Crippen LogP contribution in [0.4, 0.5) is 0 Å². The Bertz CT molecular complexity index is 1040. The van der Waals surface area contributed by atoms with Crippen LogP contribution >= 0.6 is 0 Å². The molecule has 14 heteroatoms. The van der Waals surface area contributed by atoms with Crippen LogP contribution in [0.3, 0.4) is 0 Å². The summed E-state index contributed by atoms with van der Waals surface area (Å²) in [5.74, 6) is 0.778. The van der Waals surface area contributed by atoms with Gasteiger partial charge in [0.25, 0.3) is 0 Å². The fourth-order valence-corrected chi connectivity index (χ4v) is 3.09. The lowest BCUT2D eigenvalue weighted by atomic mass is 10.1. The molecule has 0 amide bonds. The van der Waals surface area contributed by atoms with Crippen LogP contribution in [0.2, 0.25) is 0 Å². The number of esters is 5. The highest BCUT2D eigenvalue weighted by Gasteiger charge is 2.52. The van der Waals surface area contributed by atoms with E-state index in [0.717, 1.165) is 18.5 Å². The summed E-state index contributed by atoms with van der Waals surface area (Å²) in [4.78, 5) is 59.1. The van der Waals surface area contributed by atoms with Gasteiger partial charge in [-0.05, 0) is 19.8 Å². The van der Waals surface area contributed by atoms with Crippen molar-refractivity contribution >= 4 is 29.8 Å². The van der Waals surface area contributed by atoms with E-state index >= 15 is 0 Å². The van der Waals surface area contributed by atoms with Crippen molar-refractivity contribution in [3.63, 3.8) is 0 Å². The lowest BCUT2D eigenvalue weighted by Gasteiger charge is -2.23. The molecule has 0 bridgehead atoms. The number of ether oxygens (including phenoxy) is 6. The summed E-state index contributed by atoms with van der Waals surface area (Å²) < 4.78 is 32.2. The molecular formula is C21H25N3O11. The van der Waals surface area contributed by atoms with Crippen molar-refractivity contribution in [1.29, 1.82) is 0 Å². The zero-order valence-electron chi connectivity index (χ0n) is 19.8. The average Bonchev–Trinajstić information content (AvgIpc) is 3.32. The van der Waals surface area contributed by atoms with Gasteiger partial charge in [-0.3, -0.25) is 14.4 Å². The first-order valence-corrected chi connectivity index (χ1v) is 10.5. The molecule has 0 aliphatic carbocycles. The molecule has 14 nitrogen and oxygen atoms in total. The molecule has 0 radical (unpaired) electrons. The molecule has 0 aromatic carbocycles. The monoisotopic (exact) mass is 495 g/mol. The zero-order valence-corrected chi connectivity index (χ0v) is 19.8. The number of hydrogen-bond acceptors (Lipinski definition) is 13. The van der Waals surface area contributed by atoms with E-state index in [1.54, 1.807) is 13.8 Å². The molecular weight excluding hydrogens is 470 g/mol. The average molecular weight is 495 g/mol. The maximum atomic E-state index is 12.4. The van der Waals surface area contributed by atoms with Gasteiger partial charge in [0.05, 0.1) is 13.2 Å².